The quantitative estimate of drug-likeness (QED) is 0.0194. The average molecular weight is 2070 g/mol. The number of pyridine rings is 4. The number of hydrogen-bond donors (Lipinski definition) is 11. The van der Waals surface area contributed by atoms with Gasteiger partial charge in [-0.25, -0.2) is 76.8 Å². The van der Waals surface area contributed by atoms with Crippen molar-refractivity contribution in [3.05, 3.63) is 273 Å². The Kier molecular flexibility index (Phi) is 35.6. The maximum absolute atomic E-state index is 13.7. The Morgan fingerprint density at radius 3 is 1.31 bits per heavy atom. The van der Waals surface area contributed by atoms with Crippen LogP contribution in [0.1, 0.15) is 207 Å². The lowest BCUT2D eigenvalue weighted by atomic mass is 9.58. The van der Waals surface area contributed by atoms with Crippen molar-refractivity contribution < 1.29 is 100 Å². The lowest BCUT2D eigenvalue weighted by Crippen LogP contribution is -2.57. The molecule has 0 spiro atoms. The number of halogens is 17. The van der Waals surface area contributed by atoms with Crippen LogP contribution in [0.2, 0.25) is 0 Å². The van der Waals surface area contributed by atoms with Crippen LogP contribution in [-0.4, -0.2) is 160 Å². The van der Waals surface area contributed by atoms with Crippen molar-refractivity contribution in [3.63, 3.8) is 0 Å². The summed E-state index contributed by atoms with van der Waals surface area (Å²) in [6.07, 6.45) is 4.26. The summed E-state index contributed by atoms with van der Waals surface area (Å²) in [5.41, 5.74) is 3.53. The minimum Gasteiger partial charge on any atom is -0.393 e. The van der Waals surface area contributed by atoms with Gasteiger partial charge in [0.15, 0.2) is 0 Å². The largest absolute Gasteiger partial charge is 0.433 e. The highest BCUT2D eigenvalue weighted by atomic mass is 19.4. The molecule has 148 heavy (non-hydrogen) atoms. The van der Waals surface area contributed by atoms with Gasteiger partial charge in [-0.2, -0.15) is 68.2 Å². The molecule has 0 amide bonds. The predicted molar refractivity (Wildman–Crippen MR) is 511 cm³/mol. The number of aliphatic hydroxyl groups is 5. The fourth-order valence-corrected chi connectivity index (χ4v) is 17.1. The smallest absolute Gasteiger partial charge is 0.393 e. The van der Waals surface area contributed by atoms with E-state index in [9.17, 15) is 111 Å². The Labute approximate surface area is 839 Å². The molecule has 0 bridgehead atoms. The molecule has 5 saturated carbocycles. The van der Waals surface area contributed by atoms with Crippen molar-refractivity contribution in [2.24, 2.45) is 16.7 Å². The van der Waals surface area contributed by atoms with Gasteiger partial charge in [0, 0.05) is 172 Å². The van der Waals surface area contributed by atoms with Crippen LogP contribution in [0, 0.1) is 52.2 Å². The normalized spacial score (nSPS) is 19.7. The van der Waals surface area contributed by atoms with E-state index in [-0.39, 0.29) is 160 Å². The molecule has 46 heteroatoms. The number of nitrogens with zero attached hydrogens (tertiary/aromatic N) is 18. The van der Waals surface area contributed by atoms with E-state index in [1.807, 2.05) is 24.3 Å². The highest BCUT2D eigenvalue weighted by Gasteiger charge is 2.50. The molecule has 11 N–H and O–H groups in total. The first-order chi connectivity index (χ1) is 69.9. The molecule has 5 aliphatic rings. The summed E-state index contributed by atoms with van der Waals surface area (Å²) in [5, 5.41) is 84.4. The van der Waals surface area contributed by atoms with Crippen LogP contribution < -0.4 is 31.9 Å². The van der Waals surface area contributed by atoms with E-state index in [4.69, 9.17) is 0 Å². The number of aliphatic hydroxyl groups excluding tert-OH is 5. The molecule has 4 atom stereocenters. The number of nitriles is 2. The van der Waals surface area contributed by atoms with E-state index in [0.717, 1.165) is 79.0 Å². The number of rotatable bonds is 29. The summed E-state index contributed by atoms with van der Waals surface area (Å²) >= 11 is 0. The lowest BCUT2D eigenvalue weighted by Gasteiger charge is -2.49. The highest BCUT2D eigenvalue weighted by molar-refractivity contribution is 5.67. The van der Waals surface area contributed by atoms with Gasteiger partial charge in [0.25, 0.3) is 11.8 Å². The zero-order valence-corrected chi connectivity index (χ0v) is 81.0. The molecule has 0 radical (unpaired) electrons. The van der Waals surface area contributed by atoms with Gasteiger partial charge < -0.3 is 57.4 Å². The summed E-state index contributed by atoms with van der Waals surface area (Å²) < 4.78 is 227. The minimum atomic E-state index is -4.63. The van der Waals surface area contributed by atoms with Gasteiger partial charge in [0.2, 0.25) is 11.9 Å². The van der Waals surface area contributed by atoms with Crippen molar-refractivity contribution in [2.75, 3.05) is 31.9 Å². The van der Waals surface area contributed by atoms with Gasteiger partial charge in [-0.05, 0) is 172 Å². The van der Waals surface area contributed by atoms with Crippen LogP contribution in [0.15, 0.2) is 166 Å². The van der Waals surface area contributed by atoms with E-state index in [2.05, 4.69) is 151 Å². The van der Waals surface area contributed by atoms with Crippen LogP contribution in [0.3, 0.4) is 0 Å². The second-order valence-electron chi connectivity index (χ2n) is 38.1. The number of alkyl halides is 16. The molecule has 10 heterocycles. The molecule has 0 saturated heterocycles. The van der Waals surface area contributed by atoms with E-state index in [1.165, 1.54) is 72.9 Å². The number of benzene rings is 2. The molecule has 10 aromatic heterocycles. The first-order valence-corrected chi connectivity index (χ1v) is 47.3. The number of nitrogens with one attached hydrogen (secondary N) is 6. The summed E-state index contributed by atoms with van der Waals surface area (Å²) in [6, 6.07) is 24.6. The van der Waals surface area contributed by atoms with Crippen LogP contribution in [0.4, 0.5) is 110 Å². The van der Waals surface area contributed by atoms with Gasteiger partial charge in [-0.15, -0.1) is 0 Å². The standard InChI is InChI=1S/C24H24F4N4O.C24H26N6O.2C18H19F5N4O.C18H19F3N6O/c1-23(2)19(11-20(23)33)31-22-18(24(26,27)28)13-30-21(32-22)8-5-15-12-29-10-9-17(15)14-3-6-16(25)7-4-14;1-15-4-6-16(7-5-15)22-18(11-26-14-29-22)13-28-23-27-12-17(10-25)20(30-23)8-19-9-21(31)24(19,2)3;2*1-17(19,20)13-4-5-24-8-10(13)2-3-15-25-9-14(18(21,22)23)16(27-15)26-11-6-12(28)7-11;19-18(20,21)15-11(2-1-7-23-15)9-24-17-25-10-12(8-22)16(27-17)26-13-3-5-14(28)6-4-13/h3-4,6-7,9-10,12-13,19-20,33H,5,8,11H2,1-2H3,(H,30,31,32);4-7,11-12,14,19,21,31H,8-9,13H2,1-3H3,(H,27,28,30);2*4-5,8-9,11-12,28H,2-3,6-7H2,1H3,(H,25,26,27);1-2,7,10,13-14,28H,3-6,9H2,(H2,24,25,26,27)/t19-,20+;19-,21?;;;/m01.../s1. The summed E-state index contributed by atoms with van der Waals surface area (Å²) in [4.78, 5) is 64.6. The third-order valence-electron chi connectivity index (χ3n) is 26.5. The predicted octanol–water partition coefficient (Wildman–Crippen LogP) is 19.3. The third kappa shape index (κ3) is 29.5. The van der Waals surface area contributed by atoms with Crippen molar-refractivity contribution in [3.8, 4) is 34.5 Å². The lowest BCUT2D eigenvalue weighted by molar-refractivity contribution is -0.142. The number of aryl methyl sites for hydroxylation is 7. The van der Waals surface area contributed by atoms with Crippen LogP contribution in [0.5, 0.6) is 0 Å². The summed E-state index contributed by atoms with van der Waals surface area (Å²) in [6.45, 7) is 11.6. The monoisotopic (exact) mass is 2070 g/mol. The minimum absolute atomic E-state index is 0.0289. The molecular weight excluding hydrogens is 1960 g/mol. The van der Waals surface area contributed by atoms with Gasteiger partial charge in [-0.1, -0.05) is 75.7 Å². The Balaban J connectivity index is 0.000000155. The zero-order valence-electron chi connectivity index (χ0n) is 81.0. The van der Waals surface area contributed by atoms with Crippen LogP contribution in [0.25, 0.3) is 22.4 Å². The van der Waals surface area contributed by atoms with E-state index in [0.29, 0.717) is 106 Å². The van der Waals surface area contributed by atoms with E-state index < -0.39 is 82.7 Å². The molecule has 784 valence electrons. The maximum Gasteiger partial charge on any atom is 0.433 e. The van der Waals surface area contributed by atoms with Crippen molar-refractivity contribution >= 4 is 35.2 Å². The first kappa shape index (κ1) is 111. The molecule has 29 nitrogen and oxygen atoms in total. The highest BCUT2D eigenvalue weighted by Crippen LogP contribution is 2.49. The fraction of sp³-hybridized carbons (Fsp3) is 0.431. The summed E-state index contributed by atoms with van der Waals surface area (Å²) in [5.74, 6) is -5.81. The summed E-state index contributed by atoms with van der Waals surface area (Å²) in [7, 11) is 0. The molecule has 12 aromatic rings. The van der Waals surface area contributed by atoms with Gasteiger partial charge in [-0.3, -0.25) is 19.9 Å². The van der Waals surface area contributed by atoms with Crippen molar-refractivity contribution in [1.82, 2.24) is 79.7 Å². The zero-order chi connectivity index (χ0) is 107. The molecule has 5 aliphatic carbocycles. The van der Waals surface area contributed by atoms with Crippen molar-refractivity contribution in [2.45, 2.75) is 262 Å². The second kappa shape index (κ2) is 47.4. The van der Waals surface area contributed by atoms with E-state index in [1.54, 1.807) is 57.1 Å². The number of anilines is 6. The topological polar surface area (TPSA) is 427 Å². The molecule has 5 fully saturated rings. The van der Waals surface area contributed by atoms with Gasteiger partial charge in [0.05, 0.1) is 59.9 Å². The second-order valence-corrected chi connectivity index (χ2v) is 38.1. The van der Waals surface area contributed by atoms with E-state index >= 15 is 0 Å². The van der Waals surface area contributed by atoms with Crippen molar-refractivity contribution in [1.29, 1.82) is 10.5 Å². The Morgan fingerprint density at radius 1 is 0.392 bits per heavy atom. The van der Waals surface area contributed by atoms with Crippen LogP contribution in [-0.2, 0) is 94.6 Å². The number of hydrogen-bond acceptors (Lipinski definition) is 29. The Morgan fingerprint density at radius 2 is 0.845 bits per heavy atom. The maximum atomic E-state index is 13.7. The van der Waals surface area contributed by atoms with Gasteiger partial charge >= 0.3 is 24.7 Å². The molecule has 1 unspecified atom stereocenters. The Bertz CT molecular complexity index is 6450. The Hall–Kier alpha value is -14.1. The van der Waals surface area contributed by atoms with Crippen LogP contribution >= 0.6 is 0 Å². The molecule has 0 aliphatic heterocycles. The molecule has 17 rings (SSSR count). The number of aromatic nitrogens is 16. The third-order valence-corrected chi connectivity index (χ3v) is 26.5. The molecular formula is C102H107F17N24O5. The average Bonchev–Trinajstić information content (AvgIpc) is 0.768. The molecule has 2 aromatic carbocycles. The SMILES string of the molecule is CC(F)(F)c1ccncc1CCc1ncc(C(F)(F)F)c(NC2CC(O)C2)n1.CC(F)(F)c1ccncc1CCc1ncc(C(F)(F)F)c(NC2CC(O)C2)n1.CC1(C)[C@H](O)C[C@@H]1Nc1nc(CCc2cnccc2-c2ccc(F)cc2)ncc1C(F)(F)F.Cc1ccc(-c2ncncc2CNc2ncc(C#N)c(C[C@@H]3CC(O)C3(C)C)n2)cc1.N#Cc1cnc(NCc2cccnc2C(F)(F)F)nc1NC1CCC(O)CC1. The first-order valence-electron chi connectivity index (χ1n) is 47.3. The fourth-order valence-electron chi connectivity index (χ4n) is 17.1. The van der Waals surface area contributed by atoms with Gasteiger partial charge in [0.1, 0.15) is 93.0 Å².